The first-order valence-electron chi connectivity index (χ1n) is 7.04. The van der Waals surface area contributed by atoms with E-state index in [0.717, 1.165) is 30.0 Å². The molecule has 0 aliphatic heterocycles. The zero-order valence-electron chi connectivity index (χ0n) is 11.9. The van der Waals surface area contributed by atoms with Crippen LogP contribution in [-0.2, 0) is 6.54 Å². The van der Waals surface area contributed by atoms with E-state index in [9.17, 15) is 0 Å². The molecule has 0 atom stereocenters. The van der Waals surface area contributed by atoms with E-state index in [1.165, 1.54) is 24.8 Å². The van der Waals surface area contributed by atoms with E-state index in [0.29, 0.717) is 6.54 Å². The van der Waals surface area contributed by atoms with Crippen LogP contribution in [0.2, 0.25) is 5.02 Å². The van der Waals surface area contributed by atoms with Crippen LogP contribution in [0, 0.1) is 5.92 Å². The first-order chi connectivity index (χ1) is 9.28. The van der Waals surface area contributed by atoms with Crippen LogP contribution in [0.5, 0.6) is 0 Å². The standard InChI is InChI=1S/C15H22ClN3.HI/c1-2-17-15(18-10-9-12-3-4-12)19-11-13-5-7-14(16)8-6-13;/h5-8,12H,2-4,9-11H2,1H3,(H2,17,18,19);1H. The Morgan fingerprint density at radius 1 is 1.25 bits per heavy atom. The van der Waals surface area contributed by atoms with Gasteiger partial charge in [-0.1, -0.05) is 36.6 Å². The quantitative estimate of drug-likeness (QED) is 0.427. The molecule has 0 heterocycles. The number of rotatable bonds is 6. The maximum Gasteiger partial charge on any atom is 0.191 e. The maximum absolute atomic E-state index is 5.87. The van der Waals surface area contributed by atoms with E-state index >= 15 is 0 Å². The highest BCUT2D eigenvalue weighted by Gasteiger charge is 2.20. The van der Waals surface area contributed by atoms with Gasteiger partial charge in [-0.3, -0.25) is 0 Å². The summed E-state index contributed by atoms with van der Waals surface area (Å²) < 4.78 is 0. The van der Waals surface area contributed by atoms with Crippen LogP contribution in [-0.4, -0.2) is 19.0 Å². The monoisotopic (exact) mass is 407 g/mol. The minimum Gasteiger partial charge on any atom is -0.357 e. The van der Waals surface area contributed by atoms with Gasteiger partial charge in [0.1, 0.15) is 0 Å². The minimum absolute atomic E-state index is 0. The van der Waals surface area contributed by atoms with Crippen molar-refractivity contribution >= 4 is 41.5 Å². The van der Waals surface area contributed by atoms with Crippen molar-refractivity contribution in [2.45, 2.75) is 32.7 Å². The summed E-state index contributed by atoms with van der Waals surface area (Å²) in [5, 5.41) is 7.42. The molecule has 1 aliphatic rings. The highest BCUT2D eigenvalue weighted by Crippen LogP contribution is 2.31. The number of nitrogens with one attached hydrogen (secondary N) is 2. The molecule has 2 rings (SSSR count). The Balaban J connectivity index is 0.00000200. The fourth-order valence-electron chi connectivity index (χ4n) is 1.90. The highest BCUT2D eigenvalue weighted by atomic mass is 127. The number of benzene rings is 1. The average Bonchev–Trinajstić information content (AvgIpc) is 3.22. The van der Waals surface area contributed by atoms with Crippen LogP contribution >= 0.6 is 35.6 Å². The molecule has 2 N–H and O–H groups in total. The third-order valence-corrected chi connectivity index (χ3v) is 3.47. The molecule has 112 valence electrons. The maximum atomic E-state index is 5.87. The van der Waals surface area contributed by atoms with E-state index in [1.807, 2.05) is 24.3 Å². The van der Waals surface area contributed by atoms with Crippen molar-refractivity contribution in [3.8, 4) is 0 Å². The zero-order chi connectivity index (χ0) is 13.5. The van der Waals surface area contributed by atoms with E-state index in [2.05, 4.69) is 22.5 Å². The molecule has 0 unspecified atom stereocenters. The van der Waals surface area contributed by atoms with Gasteiger partial charge in [-0.05, 0) is 37.0 Å². The third-order valence-electron chi connectivity index (χ3n) is 3.22. The van der Waals surface area contributed by atoms with Crippen molar-refractivity contribution in [1.29, 1.82) is 0 Å². The van der Waals surface area contributed by atoms with E-state index < -0.39 is 0 Å². The van der Waals surface area contributed by atoms with Crippen LogP contribution in [0.4, 0.5) is 0 Å². The molecule has 1 aromatic rings. The lowest BCUT2D eigenvalue weighted by atomic mass is 10.2. The number of guanidine groups is 1. The second kappa shape index (κ2) is 9.45. The van der Waals surface area contributed by atoms with Gasteiger partial charge in [-0.25, -0.2) is 4.99 Å². The van der Waals surface area contributed by atoms with Gasteiger partial charge in [0.25, 0.3) is 0 Å². The summed E-state index contributed by atoms with van der Waals surface area (Å²) in [6.45, 7) is 4.66. The van der Waals surface area contributed by atoms with Gasteiger partial charge in [0, 0.05) is 18.1 Å². The zero-order valence-corrected chi connectivity index (χ0v) is 14.9. The summed E-state index contributed by atoms with van der Waals surface area (Å²) in [5.74, 6) is 1.85. The van der Waals surface area contributed by atoms with Gasteiger partial charge in [0.2, 0.25) is 0 Å². The first-order valence-corrected chi connectivity index (χ1v) is 7.42. The van der Waals surface area contributed by atoms with E-state index in [-0.39, 0.29) is 24.0 Å². The summed E-state index contributed by atoms with van der Waals surface area (Å²) in [6, 6.07) is 7.83. The van der Waals surface area contributed by atoms with Crippen LogP contribution in [0.3, 0.4) is 0 Å². The summed E-state index contributed by atoms with van der Waals surface area (Å²) in [7, 11) is 0. The molecular formula is C15H23ClIN3. The molecule has 1 aromatic carbocycles. The molecule has 5 heteroatoms. The molecule has 0 saturated heterocycles. The fourth-order valence-corrected chi connectivity index (χ4v) is 2.03. The SMILES string of the molecule is CCNC(=NCc1ccc(Cl)cc1)NCCC1CC1.I. The Hall–Kier alpha value is -0.490. The number of nitrogens with zero attached hydrogens (tertiary/aromatic N) is 1. The second-order valence-corrected chi connectivity index (χ2v) is 5.42. The number of halogens is 2. The molecule has 0 spiro atoms. The summed E-state index contributed by atoms with van der Waals surface area (Å²) in [6.07, 6.45) is 4.06. The summed E-state index contributed by atoms with van der Waals surface area (Å²) >= 11 is 5.87. The third kappa shape index (κ3) is 6.79. The van der Waals surface area contributed by atoms with Gasteiger partial charge in [-0.15, -0.1) is 24.0 Å². The van der Waals surface area contributed by atoms with Gasteiger partial charge in [0.15, 0.2) is 5.96 Å². The van der Waals surface area contributed by atoms with E-state index in [1.54, 1.807) is 0 Å². The van der Waals surface area contributed by atoms with Gasteiger partial charge < -0.3 is 10.6 Å². The molecule has 3 nitrogen and oxygen atoms in total. The van der Waals surface area contributed by atoms with Gasteiger partial charge >= 0.3 is 0 Å². The van der Waals surface area contributed by atoms with Crippen LogP contribution in [0.15, 0.2) is 29.3 Å². The molecule has 20 heavy (non-hydrogen) atoms. The number of aliphatic imine (C=N–C) groups is 1. The number of hydrogen-bond donors (Lipinski definition) is 2. The van der Waals surface area contributed by atoms with Crippen LogP contribution in [0.25, 0.3) is 0 Å². The highest BCUT2D eigenvalue weighted by molar-refractivity contribution is 14.0. The average molecular weight is 408 g/mol. The smallest absolute Gasteiger partial charge is 0.191 e. The molecule has 1 fully saturated rings. The van der Waals surface area contributed by atoms with Crippen molar-refractivity contribution in [2.75, 3.05) is 13.1 Å². The topological polar surface area (TPSA) is 36.4 Å². The lowest BCUT2D eigenvalue weighted by Gasteiger charge is -2.11. The summed E-state index contributed by atoms with van der Waals surface area (Å²) in [5.41, 5.74) is 1.17. The predicted molar refractivity (Wildman–Crippen MR) is 97.0 cm³/mol. The largest absolute Gasteiger partial charge is 0.357 e. The molecular weight excluding hydrogens is 385 g/mol. The minimum atomic E-state index is 0. The Bertz CT molecular complexity index is 416. The van der Waals surface area contributed by atoms with Crippen molar-refractivity contribution < 1.29 is 0 Å². The first kappa shape index (κ1) is 17.6. The summed E-state index contributed by atoms with van der Waals surface area (Å²) in [4.78, 5) is 4.58. The van der Waals surface area contributed by atoms with Crippen molar-refractivity contribution in [3.05, 3.63) is 34.9 Å². The predicted octanol–water partition coefficient (Wildman–Crippen LogP) is 3.81. The normalized spacial score (nSPS) is 14.6. The molecule has 0 radical (unpaired) electrons. The molecule has 0 aromatic heterocycles. The van der Waals surface area contributed by atoms with Crippen molar-refractivity contribution in [3.63, 3.8) is 0 Å². The Morgan fingerprint density at radius 2 is 1.95 bits per heavy atom. The number of hydrogen-bond acceptors (Lipinski definition) is 1. The lowest BCUT2D eigenvalue weighted by Crippen LogP contribution is -2.37. The fraction of sp³-hybridized carbons (Fsp3) is 0.533. The van der Waals surface area contributed by atoms with E-state index in [4.69, 9.17) is 11.6 Å². The molecule has 0 bridgehead atoms. The molecule has 1 saturated carbocycles. The second-order valence-electron chi connectivity index (χ2n) is 4.98. The Morgan fingerprint density at radius 3 is 2.55 bits per heavy atom. The van der Waals surface area contributed by atoms with Crippen LogP contribution < -0.4 is 10.6 Å². The molecule has 1 aliphatic carbocycles. The van der Waals surface area contributed by atoms with Gasteiger partial charge in [0.05, 0.1) is 6.54 Å². The Labute approximate surface area is 143 Å². The van der Waals surface area contributed by atoms with Gasteiger partial charge in [-0.2, -0.15) is 0 Å². The molecule has 0 amide bonds. The van der Waals surface area contributed by atoms with Crippen LogP contribution in [0.1, 0.15) is 31.7 Å². The van der Waals surface area contributed by atoms with Crippen molar-refractivity contribution in [1.82, 2.24) is 10.6 Å². The Kier molecular flexibility index (Phi) is 8.30. The lowest BCUT2D eigenvalue weighted by molar-refractivity contribution is 0.685. The van der Waals surface area contributed by atoms with Crippen molar-refractivity contribution in [2.24, 2.45) is 10.9 Å².